The summed E-state index contributed by atoms with van der Waals surface area (Å²) in [5.41, 5.74) is 3.88. The van der Waals surface area contributed by atoms with Crippen LogP contribution in [0, 0.1) is 19.7 Å². The van der Waals surface area contributed by atoms with Crippen LogP contribution in [0.2, 0.25) is 0 Å². The van der Waals surface area contributed by atoms with E-state index in [1.807, 2.05) is 32.0 Å². The van der Waals surface area contributed by atoms with Gasteiger partial charge in [0.15, 0.2) is 0 Å². The maximum atomic E-state index is 13.0. The third-order valence-electron chi connectivity index (χ3n) is 4.47. The van der Waals surface area contributed by atoms with Gasteiger partial charge in [-0.3, -0.25) is 9.59 Å². The van der Waals surface area contributed by atoms with Crippen molar-refractivity contribution in [1.29, 1.82) is 0 Å². The van der Waals surface area contributed by atoms with E-state index in [4.69, 9.17) is 0 Å². The van der Waals surface area contributed by atoms with Crippen LogP contribution in [-0.2, 0) is 16.1 Å². The molecule has 0 unspecified atom stereocenters. The Labute approximate surface area is 151 Å². The van der Waals surface area contributed by atoms with Crippen LogP contribution in [0.4, 0.5) is 10.1 Å². The van der Waals surface area contributed by atoms with Crippen molar-refractivity contribution in [2.24, 2.45) is 5.10 Å². The molecule has 2 aromatic rings. The molecule has 0 fully saturated rings. The Morgan fingerprint density at radius 2 is 1.88 bits per heavy atom. The van der Waals surface area contributed by atoms with Gasteiger partial charge in [0, 0.05) is 18.5 Å². The minimum Gasteiger partial charge on any atom is -0.321 e. The molecule has 0 saturated heterocycles. The van der Waals surface area contributed by atoms with Crippen molar-refractivity contribution in [1.82, 2.24) is 5.01 Å². The number of hydrogen-bond acceptors (Lipinski definition) is 3. The summed E-state index contributed by atoms with van der Waals surface area (Å²) in [5, 5.41) is 8.37. The first-order valence-electron chi connectivity index (χ1n) is 8.44. The highest BCUT2D eigenvalue weighted by Gasteiger charge is 2.25. The van der Waals surface area contributed by atoms with Crippen molar-refractivity contribution in [3.05, 3.63) is 65.0 Å². The van der Waals surface area contributed by atoms with Gasteiger partial charge in [0.25, 0.3) is 5.91 Å². The Balaban J connectivity index is 1.76. The van der Waals surface area contributed by atoms with E-state index in [-0.39, 0.29) is 30.6 Å². The minimum atomic E-state index is -0.337. The van der Waals surface area contributed by atoms with Crippen LogP contribution >= 0.6 is 0 Å². The van der Waals surface area contributed by atoms with Crippen LogP contribution in [0.25, 0.3) is 0 Å². The van der Waals surface area contributed by atoms with Crippen molar-refractivity contribution >= 4 is 23.2 Å². The molecule has 0 bridgehead atoms. The average Bonchev–Trinajstić information content (AvgIpc) is 2.62. The van der Waals surface area contributed by atoms with Gasteiger partial charge in [0.05, 0.1) is 6.54 Å². The van der Waals surface area contributed by atoms with E-state index in [1.54, 1.807) is 12.1 Å². The number of hydrogen-bond donors (Lipinski definition) is 1. The smallest absolute Gasteiger partial charge is 0.271 e. The van der Waals surface area contributed by atoms with Crippen LogP contribution in [0.3, 0.4) is 0 Å². The Hall–Kier alpha value is -3.02. The van der Waals surface area contributed by atoms with Crippen LogP contribution in [0.5, 0.6) is 0 Å². The second-order valence-electron chi connectivity index (χ2n) is 6.33. The zero-order chi connectivity index (χ0) is 18.7. The van der Waals surface area contributed by atoms with Gasteiger partial charge in [-0.05, 0) is 48.7 Å². The Morgan fingerprint density at radius 1 is 1.15 bits per heavy atom. The summed E-state index contributed by atoms with van der Waals surface area (Å²) >= 11 is 0. The Kier molecular flexibility index (Phi) is 5.11. The fraction of sp³-hybridized carbons (Fsp3) is 0.250. The number of amides is 2. The van der Waals surface area contributed by atoms with E-state index in [9.17, 15) is 14.0 Å². The molecule has 2 aromatic carbocycles. The zero-order valence-corrected chi connectivity index (χ0v) is 14.8. The molecule has 5 nitrogen and oxygen atoms in total. The van der Waals surface area contributed by atoms with Crippen molar-refractivity contribution in [2.45, 2.75) is 33.2 Å². The fourth-order valence-corrected chi connectivity index (χ4v) is 2.73. The Bertz CT molecular complexity index is 875. The van der Waals surface area contributed by atoms with E-state index in [0.29, 0.717) is 12.1 Å². The van der Waals surface area contributed by atoms with Crippen LogP contribution in [0.15, 0.2) is 47.6 Å². The van der Waals surface area contributed by atoms with Crippen LogP contribution in [-0.4, -0.2) is 22.5 Å². The molecule has 0 radical (unpaired) electrons. The second-order valence-corrected chi connectivity index (χ2v) is 6.33. The van der Waals surface area contributed by atoms with Gasteiger partial charge in [-0.1, -0.05) is 24.3 Å². The predicted molar refractivity (Wildman–Crippen MR) is 98.2 cm³/mol. The van der Waals surface area contributed by atoms with Crippen molar-refractivity contribution in [3.8, 4) is 0 Å². The Morgan fingerprint density at radius 3 is 2.62 bits per heavy atom. The number of nitrogens with zero attached hydrogens (tertiary/aromatic N) is 2. The first kappa shape index (κ1) is 17.8. The molecular weight excluding hydrogens is 333 g/mol. The first-order chi connectivity index (χ1) is 12.4. The number of rotatable bonds is 4. The molecular formula is C20H20FN3O2. The summed E-state index contributed by atoms with van der Waals surface area (Å²) in [5.74, 6) is -0.802. The molecule has 0 aromatic heterocycles. The summed E-state index contributed by atoms with van der Waals surface area (Å²) < 4.78 is 13.0. The molecule has 1 aliphatic rings. The van der Waals surface area contributed by atoms with Crippen molar-refractivity contribution < 1.29 is 14.0 Å². The highest BCUT2D eigenvalue weighted by Crippen LogP contribution is 2.19. The number of nitrogens with one attached hydrogen (secondary N) is 1. The molecule has 0 spiro atoms. The number of hydrazone groups is 1. The van der Waals surface area contributed by atoms with Gasteiger partial charge in [-0.2, -0.15) is 5.10 Å². The van der Waals surface area contributed by atoms with E-state index >= 15 is 0 Å². The summed E-state index contributed by atoms with van der Waals surface area (Å²) in [7, 11) is 0. The van der Waals surface area contributed by atoms with E-state index in [1.165, 1.54) is 17.1 Å². The normalized spacial score (nSPS) is 14.2. The molecule has 0 saturated carbocycles. The predicted octanol–water partition coefficient (Wildman–Crippen LogP) is 3.56. The standard InChI is InChI=1S/C20H20FN3O2/c1-13-4-3-5-17(14(13)2)22-20(26)18-10-11-19(25)24(23-18)12-15-6-8-16(21)9-7-15/h3-9H,10-12H2,1-2H3,(H,22,26). The molecule has 1 N–H and O–H groups in total. The number of halogens is 1. The number of aryl methyl sites for hydroxylation is 1. The summed E-state index contributed by atoms with van der Waals surface area (Å²) in [6, 6.07) is 11.6. The lowest BCUT2D eigenvalue weighted by Gasteiger charge is -2.23. The minimum absolute atomic E-state index is 0.155. The molecule has 0 aliphatic carbocycles. The molecule has 3 rings (SSSR count). The van der Waals surface area contributed by atoms with Gasteiger partial charge in [0.1, 0.15) is 11.5 Å². The van der Waals surface area contributed by atoms with E-state index in [0.717, 1.165) is 22.4 Å². The molecule has 1 heterocycles. The topological polar surface area (TPSA) is 61.8 Å². The molecule has 0 atom stereocenters. The van der Waals surface area contributed by atoms with Gasteiger partial charge >= 0.3 is 0 Å². The number of carbonyl (C=O) groups is 2. The maximum absolute atomic E-state index is 13.0. The first-order valence-corrected chi connectivity index (χ1v) is 8.44. The van der Waals surface area contributed by atoms with Gasteiger partial charge < -0.3 is 5.32 Å². The summed E-state index contributed by atoms with van der Waals surface area (Å²) in [4.78, 5) is 24.7. The third-order valence-corrected chi connectivity index (χ3v) is 4.47. The lowest BCUT2D eigenvalue weighted by molar-refractivity contribution is -0.132. The van der Waals surface area contributed by atoms with Crippen LogP contribution in [0.1, 0.15) is 29.5 Å². The monoisotopic (exact) mass is 353 g/mol. The zero-order valence-electron chi connectivity index (χ0n) is 14.8. The third kappa shape index (κ3) is 3.96. The molecule has 2 amide bonds. The fourth-order valence-electron chi connectivity index (χ4n) is 2.73. The van der Waals surface area contributed by atoms with Gasteiger partial charge in [-0.25, -0.2) is 9.40 Å². The summed E-state index contributed by atoms with van der Waals surface area (Å²) in [6.07, 6.45) is 0.524. The van der Waals surface area contributed by atoms with Crippen LogP contribution < -0.4 is 5.32 Å². The number of anilines is 1. The highest BCUT2D eigenvalue weighted by atomic mass is 19.1. The molecule has 1 aliphatic heterocycles. The number of benzene rings is 2. The molecule has 26 heavy (non-hydrogen) atoms. The quantitative estimate of drug-likeness (QED) is 0.913. The SMILES string of the molecule is Cc1cccc(NC(=O)C2=NN(Cc3ccc(F)cc3)C(=O)CC2)c1C. The maximum Gasteiger partial charge on any atom is 0.271 e. The van der Waals surface area contributed by atoms with Crippen molar-refractivity contribution in [2.75, 3.05) is 5.32 Å². The van der Waals surface area contributed by atoms with E-state index in [2.05, 4.69) is 10.4 Å². The molecule has 6 heteroatoms. The lowest BCUT2D eigenvalue weighted by Crippen LogP contribution is -2.36. The van der Waals surface area contributed by atoms with Gasteiger partial charge in [0.2, 0.25) is 5.91 Å². The summed E-state index contributed by atoms with van der Waals surface area (Å²) in [6.45, 7) is 4.13. The lowest BCUT2D eigenvalue weighted by atomic mass is 10.1. The van der Waals surface area contributed by atoms with E-state index < -0.39 is 0 Å². The molecule has 134 valence electrons. The largest absolute Gasteiger partial charge is 0.321 e. The number of carbonyl (C=O) groups excluding carboxylic acids is 2. The van der Waals surface area contributed by atoms with Gasteiger partial charge in [-0.15, -0.1) is 0 Å². The highest BCUT2D eigenvalue weighted by molar-refractivity contribution is 6.43. The second kappa shape index (κ2) is 7.47. The van der Waals surface area contributed by atoms with Crippen molar-refractivity contribution in [3.63, 3.8) is 0 Å². The average molecular weight is 353 g/mol.